The van der Waals surface area contributed by atoms with E-state index in [-0.39, 0.29) is 0 Å². The van der Waals surface area contributed by atoms with Crippen molar-refractivity contribution in [3.63, 3.8) is 0 Å². The van der Waals surface area contributed by atoms with E-state index < -0.39 is 0 Å². The fourth-order valence-corrected chi connectivity index (χ4v) is 4.48. The maximum absolute atomic E-state index is 4.92. The number of aromatic nitrogens is 3. The summed E-state index contributed by atoms with van der Waals surface area (Å²) in [7, 11) is 0. The van der Waals surface area contributed by atoms with Gasteiger partial charge in [-0.15, -0.1) is 0 Å². The van der Waals surface area contributed by atoms with E-state index in [0.29, 0.717) is 17.5 Å². The molecular formula is C40H45N3. The summed E-state index contributed by atoms with van der Waals surface area (Å²) in [6.07, 6.45) is 8.70. The maximum atomic E-state index is 4.92. The summed E-state index contributed by atoms with van der Waals surface area (Å²) in [5.74, 6) is 2.00. The molecule has 4 aromatic carbocycles. The third kappa shape index (κ3) is 9.18. The van der Waals surface area contributed by atoms with E-state index in [1.54, 1.807) is 0 Å². The second kappa shape index (κ2) is 17.4. The van der Waals surface area contributed by atoms with Gasteiger partial charge in [0.1, 0.15) is 0 Å². The van der Waals surface area contributed by atoms with Crippen LogP contribution in [0.4, 0.5) is 0 Å². The monoisotopic (exact) mass is 567 g/mol. The molecule has 3 nitrogen and oxygen atoms in total. The number of nitrogens with zero attached hydrogens (tertiary/aromatic N) is 3. The molecule has 1 heterocycles. The molecule has 1 aromatic heterocycles. The van der Waals surface area contributed by atoms with Gasteiger partial charge in [-0.2, -0.15) is 0 Å². The van der Waals surface area contributed by atoms with Crippen LogP contribution >= 0.6 is 0 Å². The summed E-state index contributed by atoms with van der Waals surface area (Å²) in [6, 6.07) is 35.6. The number of hydrogen-bond acceptors (Lipinski definition) is 3. The summed E-state index contributed by atoms with van der Waals surface area (Å²) in [5.41, 5.74) is 8.81. The van der Waals surface area contributed by atoms with Gasteiger partial charge in [0.25, 0.3) is 0 Å². The Morgan fingerprint density at radius 2 is 1.05 bits per heavy atom. The molecule has 0 spiro atoms. The smallest absolute Gasteiger partial charge is 0.164 e. The van der Waals surface area contributed by atoms with Crippen LogP contribution in [-0.4, -0.2) is 15.0 Å². The van der Waals surface area contributed by atoms with E-state index in [1.807, 2.05) is 32.9 Å². The highest BCUT2D eigenvalue weighted by molar-refractivity contribution is 5.76. The molecule has 0 amide bonds. The van der Waals surface area contributed by atoms with Crippen LogP contribution in [0.25, 0.3) is 50.9 Å². The zero-order chi connectivity index (χ0) is 31.0. The highest BCUT2D eigenvalue weighted by Crippen LogP contribution is 2.28. The van der Waals surface area contributed by atoms with Gasteiger partial charge in [0, 0.05) is 16.7 Å². The Bertz CT molecular complexity index is 1600. The molecule has 3 heteroatoms. The zero-order valence-corrected chi connectivity index (χ0v) is 26.8. The highest BCUT2D eigenvalue weighted by Gasteiger charge is 2.13. The van der Waals surface area contributed by atoms with Crippen LogP contribution in [0.1, 0.15) is 65.5 Å². The van der Waals surface area contributed by atoms with Crippen molar-refractivity contribution in [2.45, 2.75) is 61.3 Å². The number of rotatable bonds is 7. The molecule has 0 saturated heterocycles. The van der Waals surface area contributed by atoms with Gasteiger partial charge in [0.2, 0.25) is 0 Å². The Balaban J connectivity index is 0.000000953. The van der Waals surface area contributed by atoms with Crippen molar-refractivity contribution in [2.24, 2.45) is 0 Å². The van der Waals surface area contributed by atoms with E-state index in [4.69, 9.17) is 15.0 Å². The Morgan fingerprint density at radius 3 is 1.56 bits per heavy atom. The van der Waals surface area contributed by atoms with Gasteiger partial charge in [-0.3, -0.25) is 0 Å². The lowest BCUT2D eigenvalue weighted by Gasteiger charge is -2.10. The molecule has 0 radical (unpaired) electrons. The van der Waals surface area contributed by atoms with Crippen molar-refractivity contribution in [2.75, 3.05) is 0 Å². The van der Waals surface area contributed by atoms with Gasteiger partial charge in [-0.25, -0.2) is 15.0 Å². The molecular weight excluding hydrogens is 522 g/mol. The molecule has 5 aromatic rings. The quantitative estimate of drug-likeness (QED) is 0.184. The Morgan fingerprint density at radius 1 is 0.581 bits per heavy atom. The minimum Gasteiger partial charge on any atom is -0.208 e. The SMILES string of the molecule is C/C=C\C(=C/CC)c1ccc(-c2nc(-c3ccc(-c4ccccc4)cc3)nc(-c3cccc(C)c3)n2)cc1.CC.CCC. The lowest BCUT2D eigenvalue weighted by Crippen LogP contribution is -2.00. The third-order valence-electron chi connectivity index (χ3n) is 6.41. The predicted molar refractivity (Wildman–Crippen MR) is 187 cm³/mol. The van der Waals surface area contributed by atoms with Crippen molar-refractivity contribution in [3.05, 3.63) is 132 Å². The van der Waals surface area contributed by atoms with Gasteiger partial charge < -0.3 is 0 Å². The van der Waals surface area contributed by atoms with Crippen LogP contribution < -0.4 is 0 Å². The standard InChI is InChI=1S/C35H31N3.C3H8.C2H6/c1-4-10-26(11-5-2)28-16-20-30(21-17-28)33-36-34(38-35(37-33)32-15-9-12-25(3)24-32)31-22-18-29(19-23-31)27-13-7-6-8-14-27;1-3-2;1-2/h4,6-24H,5H2,1-3H3;3H2,1-2H3;1-2H3/b10-4-,26-11+;;. The molecule has 0 unspecified atom stereocenters. The van der Waals surface area contributed by atoms with Crippen LogP contribution in [0.2, 0.25) is 0 Å². The maximum Gasteiger partial charge on any atom is 0.164 e. The Kier molecular flexibility index (Phi) is 13.3. The predicted octanol–water partition coefficient (Wildman–Crippen LogP) is 11.7. The third-order valence-corrected chi connectivity index (χ3v) is 6.41. The first-order valence-corrected chi connectivity index (χ1v) is 15.5. The van der Waals surface area contributed by atoms with Crippen LogP contribution in [0.3, 0.4) is 0 Å². The molecule has 5 rings (SSSR count). The largest absolute Gasteiger partial charge is 0.208 e. The first kappa shape index (κ1) is 32.9. The van der Waals surface area contributed by atoms with E-state index in [0.717, 1.165) is 28.7 Å². The van der Waals surface area contributed by atoms with Gasteiger partial charge in [-0.1, -0.05) is 162 Å². The van der Waals surface area contributed by atoms with Gasteiger partial charge >= 0.3 is 0 Å². The van der Waals surface area contributed by atoms with Gasteiger partial charge in [0.15, 0.2) is 17.5 Å². The van der Waals surface area contributed by atoms with E-state index in [9.17, 15) is 0 Å². The van der Waals surface area contributed by atoms with E-state index >= 15 is 0 Å². The number of allylic oxidation sites excluding steroid dienone is 4. The fourth-order valence-electron chi connectivity index (χ4n) is 4.48. The van der Waals surface area contributed by atoms with Crippen LogP contribution in [0.15, 0.2) is 121 Å². The lowest BCUT2D eigenvalue weighted by molar-refractivity contribution is 1.07. The lowest BCUT2D eigenvalue weighted by atomic mass is 10.0. The average Bonchev–Trinajstić information content (AvgIpc) is 3.06. The summed E-state index contributed by atoms with van der Waals surface area (Å²) < 4.78 is 0. The zero-order valence-electron chi connectivity index (χ0n) is 26.8. The summed E-state index contributed by atoms with van der Waals surface area (Å²) >= 11 is 0. The second-order valence-electron chi connectivity index (χ2n) is 9.97. The number of hydrogen-bond donors (Lipinski definition) is 0. The Labute approximate surface area is 259 Å². The molecule has 0 N–H and O–H groups in total. The number of benzene rings is 4. The summed E-state index contributed by atoms with van der Waals surface area (Å²) in [5, 5.41) is 0. The first-order valence-electron chi connectivity index (χ1n) is 15.5. The molecule has 0 fully saturated rings. The number of aryl methyl sites for hydroxylation is 1. The molecule has 0 saturated carbocycles. The summed E-state index contributed by atoms with van der Waals surface area (Å²) in [4.78, 5) is 14.7. The molecule has 0 atom stereocenters. The van der Waals surface area contributed by atoms with Crippen molar-refractivity contribution in [3.8, 4) is 45.3 Å². The normalized spacial score (nSPS) is 10.9. The van der Waals surface area contributed by atoms with Crippen LogP contribution in [-0.2, 0) is 0 Å². The average molecular weight is 568 g/mol. The van der Waals surface area contributed by atoms with Crippen LogP contribution in [0.5, 0.6) is 0 Å². The molecule has 0 aliphatic rings. The van der Waals surface area contributed by atoms with Crippen molar-refractivity contribution in [1.29, 1.82) is 0 Å². The van der Waals surface area contributed by atoms with Gasteiger partial charge in [-0.05, 0) is 48.6 Å². The molecule has 0 aliphatic heterocycles. The van der Waals surface area contributed by atoms with Crippen LogP contribution in [0, 0.1) is 6.92 Å². The minimum absolute atomic E-state index is 0.663. The second-order valence-corrected chi connectivity index (χ2v) is 9.97. The molecule has 220 valence electrons. The minimum atomic E-state index is 0.663. The molecule has 43 heavy (non-hydrogen) atoms. The first-order chi connectivity index (χ1) is 21.1. The van der Waals surface area contributed by atoms with Crippen molar-refractivity contribution >= 4 is 5.57 Å². The van der Waals surface area contributed by atoms with Gasteiger partial charge in [0.05, 0.1) is 0 Å². The fraction of sp³-hybridized carbons (Fsp3) is 0.225. The van der Waals surface area contributed by atoms with Crippen molar-refractivity contribution < 1.29 is 0 Å². The summed E-state index contributed by atoms with van der Waals surface area (Å²) in [6.45, 7) is 14.5. The highest BCUT2D eigenvalue weighted by atomic mass is 15.0. The topological polar surface area (TPSA) is 38.7 Å². The molecule has 0 aliphatic carbocycles. The Hall–Kier alpha value is -4.63. The van der Waals surface area contributed by atoms with E-state index in [1.165, 1.54) is 28.7 Å². The van der Waals surface area contributed by atoms with Crippen molar-refractivity contribution in [1.82, 2.24) is 15.0 Å². The van der Waals surface area contributed by atoms with E-state index in [2.05, 4.69) is 137 Å². The molecule has 0 bridgehead atoms.